The van der Waals surface area contributed by atoms with Gasteiger partial charge in [0.05, 0.1) is 23.5 Å². The van der Waals surface area contributed by atoms with Crippen molar-refractivity contribution in [3.05, 3.63) is 96.2 Å². The molecule has 2 heterocycles. The quantitative estimate of drug-likeness (QED) is 0.526. The lowest BCUT2D eigenvalue weighted by Gasteiger charge is -2.33. The second kappa shape index (κ2) is 8.27. The van der Waals surface area contributed by atoms with Crippen LogP contribution in [0.1, 0.15) is 15.9 Å². The number of para-hydroxylation sites is 3. The minimum atomic E-state index is -0.935. The third kappa shape index (κ3) is 3.85. The number of anilines is 1. The molecule has 2 amide bonds. The van der Waals surface area contributed by atoms with Crippen LogP contribution in [0.3, 0.4) is 0 Å². The summed E-state index contributed by atoms with van der Waals surface area (Å²) in [6.07, 6.45) is 0.794. The fourth-order valence-electron chi connectivity index (χ4n) is 3.97. The number of fused-ring (bicyclic) bond motifs is 1. The zero-order valence-electron chi connectivity index (χ0n) is 18.0. The molecule has 3 aromatic carbocycles. The first kappa shape index (κ1) is 20.5. The molecule has 7 heteroatoms. The van der Waals surface area contributed by atoms with Crippen LogP contribution in [0.15, 0.2) is 85.1 Å². The van der Waals surface area contributed by atoms with Crippen molar-refractivity contribution in [3.63, 3.8) is 0 Å². The third-order valence-corrected chi connectivity index (χ3v) is 5.59. The standard InChI is InChI=1S/C26H22N4O3/c1-17-8-7-9-18(14-17)24-20(15-30(28-24)19-10-3-2-4-11-19)26(32)29-16-23(25(27)31)33-22-13-6-5-12-21(22)29/h2-15,23H,16H2,1H3,(H2,27,31). The van der Waals surface area contributed by atoms with Crippen LogP contribution in [0, 0.1) is 6.92 Å². The van der Waals surface area contributed by atoms with Crippen LogP contribution < -0.4 is 15.4 Å². The van der Waals surface area contributed by atoms with Crippen LogP contribution in [-0.4, -0.2) is 34.2 Å². The van der Waals surface area contributed by atoms with Crippen LogP contribution in [0.4, 0.5) is 5.69 Å². The van der Waals surface area contributed by atoms with Crippen LogP contribution in [0.5, 0.6) is 5.75 Å². The molecule has 1 aromatic heterocycles. The highest BCUT2D eigenvalue weighted by molar-refractivity contribution is 6.11. The molecule has 1 aliphatic rings. The molecule has 0 saturated heterocycles. The minimum Gasteiger partial charge on any atom is -0.477 e. The number of rotatable bonds is 4. The molecule has 7 nitrogen and oxygen atoms in total. The van der Waals surface area contributed by atoms with Crippen molar-refractivity contribution in [2.24, 2.45) is 5.73 Å². The number of primary amides is 1. The highest BCUT2D eigenvalue weighted by atomic mass is 16.5. The summed E-state index contributed by atoms with van der Waals surface area (Å²) >= 11 is 0. The molecule has 0 spiro atoms. The van der Waals surface area contributed by atoms with E-state index in [1.165, 1.54) is 0 Å². The maximum Gasteiger partial charge on any atom is 0.262 e. The van der Waals surface area contributed by atoms with Gasteiger partial charge in [-0.05, 0) is 37.3 Å². The lowest BCUT2D eigenvalue weighted by molar-refractivity contribution is -0.124. The fraction of sp³-hybridized carbons (Fsp3) is 0.115. The number of hydrogen-bond donors (Lipinski definition) is 1. The Labute approximate surface area is 191 Å². The first-order chi connectivity index (χ1) is 16.0. The summed E-state index contributed by atoms with van der Waals surface area (Å²) in [5.74, 6) is -0.467. The summed E-state index contributed by atoms with van der Waals surface area (Å²) in [6, 6.07) is 24.6. The van der Waals surface area contributed by atoms with Gasteiger partial charge in [0.15, 0.2) is 6.10 Å². The largest absolute Gasteiger partial charge is 0.477 e. The maximum atomic E-state index is 13.9. The van der Waals surface area contributed by atoms with E-state index in [0.29, 0.717) is 22.7 Å². The molecule has 0 saturated carbocycles. The van der Waals surface area contributed by atoms with E-state index in [0.717, 1.165) is 16.8 Å². The average molecular weight is 438 g/mol. The second-order valence-electron chi connectivity index (χ2n) is 7.93. The van der Waals surface area contributed by atoms with Crippen molar-refractivity contribution in [1.29, 1.82) is 0 Å². The predicted octanol–water partition coefficient (Wildman–Crippen LogP) is 3.74. The van der Waals surface area contributed by atoms with Crippen molar-refractivity contribution in [2.45, 2.75) is 13.0 Å². The Bertz CT molecular complexity index is 1350. The Morgan fingerprint density at radius 1 is 1.00 bits per heavy atom. The molecular formula is C26H22N4O3. The number of nitrogens with two attached hydrogens (primary N) is 1. The monoisotopic (exact) mass is 438 g/mol. The van der Waals surface area contributed by atoms with Gasteiger partial charge in [0, 0.05) is 11.8 Å². The highest BCUT2D eigenvalue weighted by Crippen LogP contribution is 2.35. The van der Waals surface area contributed by atoms with Gasteiger partial charge in [-0.3, -0.25) is 9.59 Å². The summed E-state index contributed by atoms with van der Waals surface area (Å²) in [7, 11) is 0. The second-order valence-corrected chi connectivity index (χ2v) is 7.93. The van der Waals surface area contributed by atoms with Crippen LogP contribution in [0.25, 0.3) is 16.9 Å². The number of amides is 2. The lowest BCUT2D eigenvalue weighted by atomic mass is 10.0. The van der Waals surface area contributed by atoms with Gasteiger partial charge in [0.2, 0.25) is 0 Å². The van der Waals surface area contributed by atoms with E-state index in [2.05, 4.69) is 0 Å². The molecule has 4 aromatic rings. The van der Waals surface area contributed by atoms with Gasteiger partial charge in [-0.1, -0.05) is 54.1 Å². The zero-order chi connectivity index (χ0) is 22.9. The molecule has 164 valence electrons. The lowest BCUT2D eigenvalue weighted by Crippen LogP contribution is -2.49. The number of nitrogens with zero attached hydrogens (tertiary/aromatic N) is 3. The summed E-state index contributed by atoms with van der Waals surface area (Å²) in [4.78, 5) is 27.4. The SMILES string of the molecule is Cc1cccc(-c2nn(-c3ccccc3)cc2C(=O)N2CC(C(N)=O)Oc3ccccc32)c1. The van der Waals surface area contributed by atoms with E-state index in [4.69, 9.17) is 15.6 Å². The predicted molar refractivity (Wildman–Crippen MR) is 125 cm³/mol. The number of aromatic nitrogens is 2. The van der Waals surface area contributed by atoms with E-state index in [1.807, 2.05) is 67.6 Å². The maximum absolute atomic E-state index is 13.9. The van der Waals surface area contributed by atoms with Crippen molar-refractivity contribution < 1.29 is 14.3 Å². The van der Waals surface area contributed by atoms with Crippen molar-refractivity contribution in [2.75, 3.05) is 11.4 Å². The summed E-state index contributed by atoms with van der Waals surface area (Å²) < 4.78 is 7.42. The number of hydrogen-bond acceptors (Lipinski definition) is 4. The molecule has 1 atom stereocenters. The summed E-state index contributed by atoms with van der Waals surface area (Å²) in [5, 5.41) is 4.76. The van der Waals surface area contributed by atoms with Gasteiger partial charge in [-0.15, -0.1) is 0 Å². The molecule has 0 bridgehead atoms. The van der Waals surface area contributed by atoms with Crippen LogP contribution in [-0.2, 0) is 4.79 Å². The normalized spacial score (nSPS) is 14.9. The highest BCUT2D eigenvalue weighted by Gasteiger charge is 2.34. The van der Waals surface area contributed by atoms with E-state index >= 15 is 0 Å². The number of ether oxygens (including phenoxy) is 1. The molecule has 33 heavy (non-hydrogen) atoms. The Kier molecular flexibility index (Phi) is 5.14. The van der Waals surface area contributed by atoms with Gasteiger partial charge in [0.1, 0.15) is 11.4 Å². The number of benzene rings is 3. The van der Waals surface area contributed by atoms with Gasteiger partial charge in [-0.2, -0.15) is 5.10 Å². The Balaban J connectivity index is 1.64. The molecule has 2 N–H and O–H groups in total. The molecule has 0 fully saturated rings. The third-order valence-electron chi connectivity index (χ3n) is 5.59. The molecule has 1 unspecified atom stereocenters. The van der Waals surface area contributed by atoms with Crippen molar-refractivity contribution in [3.8, 4) is 22.7 Å². The van der Waals surface area contributed by atoms with E-state index in [1.54, 1.807) is 34.0 Å². The topological polar surface area (TPSA) is 90.5 Å². The fourth-order valence-corrected chi connectivity index (χ4v) is 3.97. The Morgan fingerprint density at radius 2 is 1.76 bits per heavy atom. The first-order valence-electron chi connectivity index (χ1n) is 10.6. The minimum absolute atomic E-state index is 0.0228. The Morgan fingerprint density at radius 3 is 2.52 bits per heavy atom. The van der Waals surface area contributed by atoms with Crippen molar-refractivity contribution >= 4 is 17.5 Å². The molecular weight excluding hydrogens is 416 g/mol. The first-order valence-corrected chi connectivity index (χ1v) is 10.6. The molecule has 0 aliphatic carbocycles. The van der Waals surface area contributed by atoms with Gasteiger partial charge >= 0.3 is 0 Å². The number of carbonyl (C=O) groups excluding carboxylic acids is 2. The van der Waals surface area contributed by atoms with Crippen LogP contribution in [0.2, 0.25) is 0 Å². The van der Waals surface area contributed by atoms with E-state index < -0.39 is 12.0 Å². The Hall–Kier alpha value is -4.39. The number of aryl methyl sites for hydroxylation is 1. The van der Waals surface area contributed by atoms with Gasteiger partial charge in [0.25, 0.3) is 11.8 Å². The summed E-state index contributed by atoms with van der Waals surface area (Å²) in [6.45, 7) is 2.02. The molecule has 5 rings (SSSR count). The molecule has 0 radical (unpaired) electrons. The van der Waals surface area contributed by atoms with Crippen LogP contribution >= 0.6 is 0 Å². The summed E-state index contributed by atoms with van der Waals surface area (Å²) in [5.41, 5.74) is 9.82. The van der Waals surface area contributed by atoms with E-state index in [9.17, 15) is 9.59 Å². The van der Waals surface area contributed by atoms with Crippen molar-refractivity contribution in [1.82, 2.24) is 9.78 Å². The number of carbonyl (C=O) groups is 2. The molecule has 1 aliphatic heterocycles. The zero-order valence-corrected chi connectivity index (χ0v) is 18.0. The van der Waals surface area contributed by atoms with Gasteiger partial charge in [-0.25, -0.2) is 4.68 Å². The van der Waals surface area contributed by atoms with E-state index in [-0.39, 0.29) is 12.5 Å². The smallest absolute Gasteiger partial charge is 0.262 e. The van der Waals surface area contributed by atoms with Gasteiger partial charge < -0.3 is 15.4 Å². The average Bonchev–Trinajstić information content (AvgIpc) is 3.29.